The van der Waals surface area contributed by atoms with Crippen molar-refractivity contribution in [1.82, 2.24) is 9.88 Å². The van der Waals surface area contributed by atoms with Crippen molar-refractivity contribution in [1.29, 1.82) is 0 Å². The Hall–Kier alpha value is -2.13. The summed E-state index contributed by atoms with van der Waals surface area (Å²) in [6.07, 6.45) is 7.86. The van der Waals surface area contributed by atoms with E-state index in [-0.39, 0.29) is 5.91 Å². The van der Waals surface area contributed by atoms with Gasteiger partial charge in [0.25, 0.3) is 0 Å². The first-order valence-electron chi connectivity index (χ1n) is 7.84. The van der Waals surface area contributed by atoms with Crippen molar-refractivity contribution in [3.8, 4) is 0 Å². The summed E-state index contributed by atoms with van der Waals surface area (Å²) in [6, 6.07) is 11.8. The van der Waals surface area contributed by atoms with Crippen molar-refractivity contribution in [2.24, 2.45) is 0 Å². The molecule has 0 N–H and O–H groups in total. The van der Waals surface area contributed by atoms with Gasteiger partial charge in [-0.1, -0.05) is 29.8 Å². The number of carbonyl (C=O) groups is 1. The molecule has 0 saturated heterocycles. The zero-order valence-electron chi connectivity index (χ0n) is 12.9. The van der Waals surface area contributed by atoms with Crippen LogP contribution in [0.1, 0.15) is 24.0 Å². The lowest BCUT2D eigenvalue weighted by molar-refractivity contribution is -0.130. The number of halogens is 1. The Labute approximate surface area is 141 Å². The van der Waals surface area contributed by atoms with Gasteiger partial charge >= 0.3 is 0 Å². The number of nitrogens with zero attached hydrogens (tertiary/aromatic N) is 2. The number of hydrogen-bond donors (Lipinski definition) is 0. The first-order valence-corrected chi connectivity index (χ1v) is 8.22. The largest absolute Gasteiger partial charge is 0.339 e. The lowest BCUT2D eigenvalue weighted by Gasteiger charge is -2.27. The third-order valence-corrected chi connectivity index (χ3v) is 4.37. The standard InChI is InChI=1S/C19H19ClN2O/c20-18-3-1-2-17(14-18)16-8-12-22(13-9-16)19(23)5-4-15-6-10-21-11-7-15/h1-3,6-8,10-11,14H,4-5,9,12-13H2. The van der Waals surface area contributed by atoms with Crippen molar-refractivity contribution in [2.45, 2.75) is 19.3 Å². The van der Waals surface area contributed by atoms with Gasteiger partial charge < -0.3 is 4.90 Å². The van der Waals surface area contributed by atoms with E-state index in [1.54, 1.807) is 12.4 Å². The normalized spacial score (nSPS) is 14.5. The molecule has 0 atom stereocenters. The van der Waals surface area contributed by atoms with Crippen LogP contribution in [0.4, 0.5) is 0 Å². The zero-order chi connectivity index (χ0) is 16.1. The average Bonchev–Trinajstić information content (AvgIpc) is 2.61. The van der Waals surface area contributed by atoms with E-state index in [1.165, 1.54) is 5.57 Å². The fraction of sp³-hybridized carbons (Fsp3) is 0.263. The Morgan fingerprint density at radius 3 is 2.74 bits per heavy atom. The summed E-state index contributed by atoms with van der Waals surface area (Å²) in [6.45, 7) is 1.45. The van der Waals surface area contributed by atoms with Crippen molar-refractivity contribution in [2.75, 3.05) is 13.1 Å². The van der Waals surface area contributed by atoms with Gasteiger partial charge in [0.2, 0.25) is 5.91 Å². The first-order chi connectivity index (χ1) is 11.2. The maximum absolute atomic E-state index is 12.3. The number of carbonyl (C=O) groups excluding carboxylic acids is 1. The predicted molar refractivity (Wildman–Crippen MR) is 93.2 cm³/mol. The van der Waals surface area contributed by atoms with E-state index in [1.807, 2.05) is 35.2 Å². The van der Waals surface area contributed by atoms with Gasteiger partial charge in [0, 0.05) is 36.9 Å². The van der Waals surface area contributed by atoms with Crippen LogP contribution in [0.15, 0.2) is 54.9 Å². The molecular formula is C19H19ClN2O. The van der Waals surface area contributed by atoms with Crippen LogP contribution in [-0.2, 0) is 11.2 Å². The Morgan fingerprint density at radius 2 is 2.04 bits per heavy atom. The Kier molecular flexibility index (Phi) is 5.09. The molecule has 118 valence electrons. The third kappa shape index (κ3) is 4.20. The first kappa shape index (κ1) is 15.8. The summed E-state index contributed by atoms with van der Waals surface area (Å²) in [4.78, 5) is 18.2. The third-order valence-electron chi connectivity index (χ3n) is 4.13. The van der Waals surface area contributed by atoms with Crippen LogP contribution in [-0.4, -0.2) is 28.9 Å². The molecule has 2 heterocycles. The monoisotopic (exact) mass is 326 g/mol. The summed E-state index contributed by atoms with van der Waals surface area (Å²) in [5.41, 5.74) is 3.58. The molecule has 0 saturated carbocycles. The topological polar surface area (TPSA) is 33.2 Å². The Morgan fingerprint density at radius 1 is 1.22 bits per heavy atom. The molecule has 1 amide bonds. The van der Waals surface area contributed by atoms with E-state index in [4.69, 9.17) is 11.6 Å². The molecule has 1 aliphatic heterocycles. The van der Waals surface area contributed by atoms with Gasteiger partial charge in [0.05, 0.1) is 0 Å². The molecule has 1 aromatic heterocycles. The lowest BCUT2D eigenvalue weighted by Crippen LogP contribution is -2.34. The molecule has 3 rings (SSSR count). The van der Waals surface area contributed by atoms with E-state index < -0.39 is 0 Å². The zero-order valence-corrected chi connectivity index (χ0v) is 13.7. The van der Waals surface area contributed by atoms with Crippen LogP contribution in [0.5, 0.6) is 0 Å². The number of hydrogen-bond acceptors (Lipinski definition) is 2. The number of aryl methyl sites for hydroxylation is 1. The van der Waals surface area contributed by atoms with E-state index >= 15 is 0 Å². The Balaban J connectivity index is 1.56. The highest BCUT2D eigenvalue weighted by Gasteiger charge is 2.17. The van der Waals surface area contributed by atoms with Crippen molar-refractivity contribution in [3.05, 3.63) is 71.0 Å². The molecule has 23 heavy (non-hydrogen) atoms. The smallest absolute Gasteiger partial charge is 0.223 e. The number of amides is 1. The van der Waals surface area contributed by atoms with E-state index in [0.717, 1.165) is 35.5 Å². The van der Waals surface area contributed by atoms with Crippen LogP contribution in [0.3, 0.4) is 0 Å². The average molecular weight is 327 g/mol. The van der Waals surface area contributed by atoms with Crippen LogP contribution in [0, 0.1) is 0 Å². The number of pyridine rings is 1. The van der Waals surface area contributed by atoms with Gasteiger partial charge in [0.15, 0.2) is 0 Å². The second-order valence-electron chi connectivity index (χ2n) is 5.68. The van der Waals surface area contributed by atoms with Gasteiger partial charge in [-0.25, -0.2) is 0 Å². The molecule has 0 radical (unpaired) electrons. The fourth-order valence-corrected chi connectivity index (χ4v) is 3.00. The maximum atomic E-state index is 12.3. The van der Waals surface area contributed by atoms with E-state index in [9.17, 15) is 4.79 Å². The molecule has 4 heteroatoms. The number of benzene rings is 1. The fourth-order valence-electron chi connectivity index (χ4n) is 2.80. The Bertz CT molecular complexity index is 712. The highest BCUT2D eigenvalue weighted by atomic mass is 35.5. The molecule has 0 bridgehead atoms. The van der Waals surface area contributed by atoms with E-state index in [0.29, 0.717) is 13.0 Å². The maximum Gasteiger partial charge on any atom is 0.223 e. The van der Waals surface area contributed by atoms with Crippen molar-refractivity contribution < 1.29 is 4.79 Å². The summed E-state index contributed by atoms with van der Waals surface area (Å²) in [5, 5.41) is 0.749. The lowest BCUT2D eigenvalue weighted by atomic mass is 9.99. The van der Waals surface area contributed by atoms with Crippen LogP contribution in [0.25, 0.3) is 5.57 Å². The minimum Gasteiger partial charge on any atom is -0.339 e. The summed E-state index contributed by atoms with van der Waals surface area (Å²) < 4.78 is 0. The minimum atomic E-state index is 0.211. The molecule has 1 aliphatic rings. The van der Waals surface area contributed by atoms with Crippen molar-refractivity contribution in [3.63, 3.8) is 0 Å². The predicted octanol–water partition coefficient (Wildman–Crippen LogP) is 3.98. The molecular weight excluding hydrogens is 308 g/mol. The van der Waals surface area contributed by atoms with Gasteiger partial charge in [-0.2, -0.15) is 0 Å². The van der Waals surface area contributed by atoms with Crippen LogP contribution in [0.2, 0.25) is 5.02 Å². The molecule has 3 nitrogen and oxygen atoms in total. The van der Waals surface area contributed by atoms with Gasteiger partial charge in [-0.05, 0) is 53.8 Å². The molecule has 0 fully saturated rings. The highest BCUT2D eigenvalue weighted by Crippen LogP contribution is 2.24. The molecule has 0 spiro atoms. The van der Waals surface area contributed by atoms with Gasteiger partial charge in [-0.3, -0.25) is 9.78 Å². The summed E-state index contributed by atoms with van der Waals surface area (Å²) >= 11 is 6.05. The van der Waals surface area contributed by atoms with E-state index in [2.05, 4.69) is 17.1 Å². The number of rotatable bonds is 4. The highest BCUT2D eigenvalue weighted by molar-refractivity contribution is 6.30. The minimum absolute atomic E-state index is 0.211. The molecule has 0 unspecified atom stereocenters. The molecule has 1 aromatic carbocycles. The second-order valence-corrected chi connectivity index (χ2v) is 6.12. The molecule has 0 aliphatic carbocycles. The van der Waals surface area contributed by atoms with Crippen LogP contribution < -0.4 is 0 Å². The van der Waals surface area contributed by atoms with Gasteiger partial charge in [0.1, 0.15) is 0 Å². The summed E-state index contributed by atoms with van der Waals surface area (Å²) in [5.74, 6) is 0.211. The number of aromatic nitrogens is 1. The molecule has 2 aromatic rings. The quantitative estimate of drug-likeness (QED) is 0.851. The SMILES string of the molecule is O=C(CCc1ccncc1)N1CC=C(c2cccc(Cl)c2)CC1. The van der Waals surface area contributed by atoms with Crippen LogP contribution >= 0.6 is 11.6 Å². The van der Waals surface area contributed by atoms with Gasteiger partial charge in [-0.15, -0.1) is 0 Å². The summed E-state index contributed by atoms with van der Waals surface area (Å²) in [7, 11) is 0. The second kappa shape index (κ2) is 7.42. The van der Waals surface area contributed by atoms with Crippen molar-refractivity contribution >= 4 is 23.1 Å².